The number of hydrogen-bond donors (Lipinski definition) is 2. The van der Waals surface area contributed by atoms with Crippen molar-refractivity contribution in [2.45, 2.75) is 70.3 Å². The number of halogens is 1. The number of carbonyl (C=O) groups excluding carboxylic acids is 4. The molecule has 2 N–H and O–H groups in total. The molecule has 0 radical (unpaired) electrons. The first-order valence-electron chi connectivity index (χ1n) is 19.1. The molecule has 50 heavy (non-hydrogen) atoms. The van der Waals surface area contributed by atoms with E-state index in [4.69, 9.17) is 11.6 Å². The summed E-state index contributed by atoms with van der Waals surface area (Å²) in [4.78, 5) is 63.1. The van der Waals surface area contributed by atoms with Crippen LogP contribution in [0.25, 0.3) is 0 Å². The summed E-state index contributed by atoms with van der Waals surface area (Å²) in [6, 6.07) is 7.19. The number of nitrogens with one attached hydrogen (secondary N) is 2. The van der Waals surface area contributed by atoms with Gasteiger partial charge in [-0.3, -0.25) is 29.0 Å². The van der Waals surface area contributed by atoms with Crippen molar-refractivity contribution in [3.8, 4) is 0 Å². The second kappa shape index (κ2) is 19.2. The van der Waals surface area contributed by atoms with Gasteiger partial charge in [-0.15, -0.1) is 11.6 Å². The number of likely N-dealkylation sites (N-methyl/N-ethyl adjacent to an activating group) is 1. The zero-order valence-corrected chi connectivity index (χ0v) is 31.2. The summed E-state index contributed by atoms with van der Waals surface area (Å²) in [6.45, 7) is 12.2. The number of hydrogen-bond acceptors (Lipinski definition) is 7. The van der Waals surface area contributed by atoms with Gasteiger partial charge in [0, 0.05) is 83.5 Å². The van der Waals surface area contributed by atoms with E-state index in [0.29, 0.717) is 37.7 Å². The average molecular weight is 714 g/mol. The lowest BCUT2D eigenvalue weighted by Gasteiger charge is -2.39. The highest BCUT2D eigenvalue weighted by atomic mass is 35.5. The van der Waals surface area contributed by atoms with Crippen LogP contribution in [0.1, 0.15) is 80.1 Å². The van der Waals surface area contributed by atoms with Gasteiger partial charge in [-0.25, -0.2) is 0 Å². The second-order valence-electron chi connectivity index (χ2n) is 15.2. The third kappa shape index (κ3) is 10.9. The number of amides is 4. The van der Waals surface area contributed by atoms with Crippen LogP contribution in [0.15, 0.2) is 24.3 Å². The molecule has 11 nitrogen and oxygen atoms in total. The Labute approximate surface area is 304 Å². The van der Waals surface area contributed by atoms with Crippen molar-refractivity contribution >= 4 is 35.2 Å². The molecule has 1 aromatic carbocycles. The standard InChI is InChI=1S/C38H60ClN7O4/c1-29(13-17-42(2)28-35(48)44-18-14-40-15-19-44)26-43-20-22-45(23-21-43)38(50)36(30-8-4-3-5-9-30)41-37(49)32-11-6-10-31(24-32)33-12-7-16-46(27-33)34(47)25-39/h6,10-11,24,29-30,33,36,40H,3-5,7-9,12-23,25-28H2,1-2H3,(H,41,49). The molecule has 3 aliphatic heterocycles. The quantitative estimate of drug-likeness (QED) is 0.303. The number of rotatable bonds is 13. The van der Waals surface area contributed by atoms with E-state index >= 15 is 0 Å². The third-order valence-electron chi connectivity index (χ3n) is 11.3. The van der Waals surface area contributed by atoms with Gasteiger partial charge >= 0.3 is 0 Å². The first kappa shape index (κ1) is 38.5. The van der Waals surface area contributed by atoms with E-state index in [-0.39, 0.29) is 41.3 Å². The molecule has 12 heteroatoms. The Morgan fingerprint density at radius 1 is 0.900 bits per heavy atom. The van der Waals surface area contributed by atoms with Crippen molar-refractivity contribution in [2.24, 2.45) is 11.8 Å². The summed E-state index contributed by atoms with van der Waals surface area (Å²) in [6.07, 6.45) is 8.15. The minimum absolute atomic E-state index is 0.0143. The minimum Gasteiger partial charge on any atom is -0.341 e. The highest BCUT2D eigenvalue weighted by molar-refractivity contribution is 6.27. The maximum absolute atomic E-state index is 14.1. The monoisotopic (exact) mass is 713 g/mol. The van der Waals surface area contributed by atoms with Gasteiger partial charge in [0.15, 0.2) is 0 Å². The van der Waals surface area contributed by atoms with Crippen LogP contribution in [0.3, 0.4) is 0 Å². The molecule has 0 bridgehead atoms. The van der Waals surface area contributed by atoms with E-state index in [1.165, 1.54) is 6.42 Å². The Morgan fingerprint density at radius 3 is 2.36 bits per heavy atom. The van der Waals surface area contributed by atoms with Gasteiger partial charge in [0.05, 0.1) is 6.54 Å². The highest BCUT2D eigenvalue weighted by Gasteiger charge is 2.35. The van der Waals surface area contributed by atoms with E-state index in [2.05, 4.69) is 27.4 Å². The van der Waals surface area contributed by atoms with Crippen molar-refractivity contribution in [1.29, 1.82) is 0 Å². The number of piperazine rings is 2. The van der Waals surface area contributed by atoms with Crippen LogP contribution in [-0.4, -0.2) is 152 Å². The lowest BCUT2D eigenvalue weighted by Crippen LogP contribution is -2.57. The molecule has 5 rings (SSSR count). The van der Waals surface area contributed by atoms with E-state index in [1.807, 2.05) is 46.0 Å². The number of nitrogens with zero attached hydrogens (tertiary/aromatic N) is 5. The van der Waals surface area contributed by atoms with Crippen LogP contribution in [0.5, 0.6) is 0 Å². The van der Waals surface area contributed by atoms with E-state index in [0.717, 1.165) is 109 Å². The SMILES string of the molecule is CC(CCN(C)CC(=O)N1CCNCC1)CN1CCN(C(=O)C(NC(=O)c2cccc(C3CCCN(C(=O)CCl)C3)c2)C2CCCCC2)CC1. The van der Waals surface area contributed by atoms with Crippen LogP contribution in [0, 0.1) is 11.8 Å². The summed E-state index contributed by atoms with van der Waals surface area (Å²) >= 11 is 5.83. The molecule has 1 saturated carbocycles. The van der Waals surface area contributed by atoms with Gasteiger partial charge in [-0.05, 0) is 75.2 Å². The molecule has 278 valence electrons. The largest absolute Gasteiger partial charge is 0.341 e. The highest BCUT2D eigenvalue weighted by Crippen LogP contribution is 2.30. The summed E-state index contributed by atoms with van der Waals surface area (Å²) in [5.74, 6) is 0.784. The van der Waals surface area contributed by atoms with Gasteiger partial charge in [0.1, 0.15) is 11.9 Å². The molecule has 1 aliphatic carbocycles. The lowest BCUT2D eigenvalue weighted by atomic mass is 9.83. The number of alkyl halides is 1. The minimum atomic E-state index is -0.525. The zero-order valence-electron chi connectivity index (χ0n) is 30.4. The predicted molar refractivity (Wildman–Crippen MR) is 197 cm³/mol. The number of piperidine rings is 1. The van der Waals surface area contributed by atoms with Crippen molar-refractivity contribution < 1.29 is 19.2 Å². The van der Waals surface area contributed by atoms with Crippen molar-refractivity contribution in [3.63, 3.8) is 0 Å². The summed E-state index contributed by atoms with van der Waals surface area (Å²) in [7, 11) is 2.03. The molecule has 3 heterocycles. The van der Waals surface area contributed by atoms with Crippen molar-refractivity contribution in [3.05, 3.63) is 35.4 Å². The fourth-order valence-corrected chi connectivity index (χ4v) is 8.38. The first-order chi connectivity index (χ1) is 24.2. The third-order valence-corrected chi connectivity index (χ3v) is 11.5. The van der Waals surface area contributed by atoms with Crippen LogP contribution < -0.4 is 10.6 Å². The van der Waals surface area contributed by atoms with Gasteiger partial charge in [-0.2, -0.15) is 0 Å². The zero-order chi connectivity index (χ0) is 35.5. The molecule has 3 unspecified atom stereocenters. The Kier molecular flexibility index (Phi) is 14.8. The predicted octanol–water partition coefficient (Wildman–Crippen LogP) is 2.84. The molecule has 3 saturated heterocycles. The first-order valence-corrected chi connectivity index (χ1v) is 19.7. The fraction of sp³-hybridized carbons (Fsp3) is 0.737. The topological polar surface area (TPSA) is 109 Å². The molecule has 0 spiro atoms. The van der Waals surface area contributed by atoms with Gasteiger partial charge in [0.2, 0.25) is 17.7 Å². The molecular formula is C38H60ClN7O4. The van der Waals surface area contributed by atoms with Crippen LogP contribution in [0.4, 0.5) is 0 Å². The summed E-state index contributed by atoms with van der Waals surface area (Å²) in [5, 5.41) is 6.51. The summed E-state index contributed by atoms with van der Waals surface area (Å²) < 4.78 is 0. The number of likely N-dealkylation sites (tertiary alicyclic amines) is 1. The average Bonchev–Trinajstić information content (AvgIpc) is 3.16. The molecule has 0 aromatic heterocycles. The summed E-state index contributed by atoms with van der Waals surface area (Å²) in [5.41, 5.74) is 1.61. The fourth-order valence-electron chi connectivity index (χ4n) is 8.21. The number of benzene rings is 1. The molecule has 4 aliphatic rings. The van der Waals surface area contributed by atoms with Crippen LogP contribution in [0.2, 0.25) is 0 Å². The van der Waals surface area contributed by atoms with Crippen molar-refractivity contribution in [2.75, 3.05) is 98.0 Å². The molecule has 1 aromatic rings. The Bertz CT molecular complexity index is 1280. The van der Waals surface area contributed by atoms with Crippen LogP contribution in [-0.2, 0) is 14.4 Å². The molecule has 3 atom stereocenters. The Morgan fingerprint density at radius 2 is 1.64 bits per heavy atom. The van der Waals surface area contributed by atoms with Gasteiger partial charge < -0.3 is 25.3 Å². The van der Waals surface area contributed by atoms with E-state index in [1.54, 1.807) is 0 Å². The Hall–Kier alpha value is -2.73. The van der Waals surface area contributed by atoms with Gasteiger partial charge in [0.25, 0.3) is 5.91 Å². The van der Waals surface area contributed by atoms with Crippen molar-refractivity contribution in [1.82, 2.24) is 35.1 Å². The smallest absolute Gasteiger partial charge is 0.251 e. The van der Waals surface area contributed by atoms with E-state index < -0.39 is 6.04 Å². The van der Waals surface area contributed by atoms with Gasteiger partial charge in [-0.1, -0.05) is 38.3 Å². The van der Waals surface area contributed by atoms with Crippen LogP contribution >= 0.6 is 11.6 Å². The maximum Gasteiger partial charge on any atom is 0.251 e. The molecule has 4 amide bonds. The normalized spacial score (nSPS) is 22.3. The lowest BCUT2D eigenvalue weighted by molar-refractivity contribution is -0.137. The Balaban J connectivity index is 1.11. The molecule has 4 fully saturated rings. The maximum atomic E-state index is 14.1. The number of carbonyl (C=O) groups is 4. The molecular weight excluding hydrogens is 654 g/mol. The van der Waals surface area contributed by atoms with E-state index in [9.17, 15) is 19.2 Å². The second-order valence-corrected chi connectivity index (χ2v) is 15.4.